The van der Waals surface area contributed by atoms with Crippen LogP contribution in [-0.2, 0) is 4.74 Å². The highest BCUT2D eigenvalue weighted by atomic mass is 16.5. The average Bonchev–Trinajstić information content (AvgIpc) is 2.15. The molecule has 0 aromatic heterocycles. The fourth-order valence-electron chi connectivity index (χ4n) is 3.10. The van der Waals surface area contributed by atoms with Crippen molar-refractivity contribution in [2.24, 2.45) is 5.41 Å². The molecule has 1 saturated carbocycles. The minimum atomic E-state index is 0.0783. The number of ether oxygens (including phenoxy) is 1. The van der Waals surface area contributed by atoms with E-state index in [-0.39, 0.29) is 5.60 Å². The maximum atomic E-state index is 5.75. The number of rotatable bonds is 4. The first kappa shape index (κ1) is 12.4. The molecule has 1 heterocycles. The second-order valence-corrected chi connectivity index (χ2v) is 6.39. The predicted octanol–water partition coefficient (Wildman–Crippen LogP) is 3.11. The van der Waals surface area contributed by atoms with E-state index in [0.717, 1.165) is 13.0 Å². The maximum Gasteiger partial charge on any atom is 0.0641 e. The van der Waals surface area contributed by atoms with Gasteiger partial charge in [0, 0.05) is 19.2 Å². The highest BCUT2D eigenvalue weighted by Crippen LogP contribution is 2.43. The molecule has 1 aliphatic heterocycles. The van der Waals surface area contributed by atoms with Gasteiger partial charge in [-0.3, -0.25) is 0 Å². The third-order valence-electron chi connectivity index (χ3n) is 4.63. The van der Waals surface area contributed by atoms with Crippen LogP contribution in [0.5, 0.6) is 0 Å². The molecule has 0 spiro atoms. The summed E-state index contributed by atoms with van der Waals surface area (Å²) in [5.74, 6) is 0. The topological polar surface area (TPSA) is 21.3 Å². The Morgan fingerprint density at radius 1 is 1.31 bits per heavy atom. The van der Waals surface area contributed by atoms with Gasteiger partial charge in [-0.05, 0) is 51.4 Å². The largest absolute Gasteiger partial charge is 0.375 e. The molecule has 0 bridgehead atoms. The molecule has 2 aliphatic rings. The molecule has 2 rings (SSSR count). The van der Waals surface area contributed by atoms with Crippen molar-refractivity contribution in [1.82, 2.24) is 5.32 Å². The zero-order valence-corrected chi connectivity index (χ0v) is 11.1. The van der Waals surface area contributed by atoms with E-state index in [0.29, 0.717) is 11.5 Å². The molecule has 0 amide bonds. The third kappa shape index (κ3) is 2.78. The van der Waals surface area contributed by atoms with Gasteiger partial charge in [-0.25, -0.2) is 0 Å². The monoisotopic (exact) mass is 225 g/mol. The normalized spacial score (nSPS) is 32.1. The van der Waals surface area contributed by atoms with Crippen LogP contribution in [0.15, 0.2) is 0 Å². The predicted molar refractivity (Wildman–Crippen MR) is 67.6 cm³/mol. The van der Waals surface area contributed by atoms with Gasteiger partial charge in [0.25, 0.3) is 0 Å². The van der Waals surface area contributed by atoms with Crippen molar-refractivity contribution in [3.05, 3.63) is 0 Å². The summed E-state index contributed by atoms with van der Waals surface area (Å²) in [5, 5.41) is 3.79. The fourth-order valence-corrected chi connectivity index (χ4v) is 3.10. The van der Waals surface area contributed by atoms with Gasteiger partial charge in [0.1, 0.15) is 0 Å². The lowest BCUT2D eigenvalue weighted by atomic mass is 9.67. The van der Waals surface area contributed by atoms with Crippen LogP contribution < -0.4 is 5.32 Å². The maximum absolute atomic E-state index is 5.75. The van der Waals surface area contributed by atoms with E-state index in [1.807, 2.05) is 0 Å². The number of nitrogens with one attached hydrogen (secondary N) is 1. The van der Waals surface area contributed by atoms with Crippen molar-refractivity contribution in [1.29, 1.82) is 0 Å². The van der Waals surface area contributed by atoms with E-state index in [9.17, 15) is 0 Å². The molecule has 0 radical (unpaired) electrons. The quantitative estimate of drug-likeness (QED) is 0.794. The Hall–Kier alpha value is -0.0800. The lowest BCUT2D eigenvalue weighted by Gasteiger charge is -2.44. The molecule has 0 aromatic carbocycles. The van der Waals surface area contributed by atoms with E-state index < -0.39 is 0 Å². The minimum Gasteiger partial charge on any atom is -0.375 e. The molecule has 2 heteroatoms. The first-order chi connectivity index (χ1) is 7.55. The van der Waals surface area contributed by atoms with E-state index in [1.54, 1.807) is 0 Å². The molecule has 1 N–H and O–H groups in total. The Morgan fingerprint density at radius 2 is 2.06 bits per heavy atom. The van der Waals surface area contributed by atoms with Crippen LogP contribution in [0, 0.1) is 5.41 Å². The zero-order valence-electron chi connectivity index (χ0n) is 11.1. The summed E-state index contributed by atoms with van der Waals surface area (Å²) in [5.41, 5.74) is 0.720. The molecule has 1 saturated heterocycles. The SMILES string of the molecule is CCC1(CNC2CCOC(C)(C)C2)CCC1. The van der Waals surface area contributed by atoms with Crippen LogP contribution in [0.25, 0.3) is 0 Å². The first-order valence-corrected chi connectivity index (χ1v) is 6.93. The highest BCUT2D eigenvalue weighted by Gasteiger charge is 2.36. The Morgan fingerprint density at radius 3 is 2.56 bits per heavy atom. The lowest BCUT2D eigenvalue weighted by molar-refractivity contribution is -0.0649. The highest BCUT2D eigenvalue weighted by molar-refractivity contribution is 4.91. The zero-order chi connectivity index (χ0) is 11.6. The molecule has 0 aromatic rings. The van der Waals surface area contributed by atoms with Crippen molar-refractivity contribution >= 4 is 0 Å². The minimum absolute atomic E-state index is 0.0783. The van der Waals surface area contributed by atoms with Gasteiger partial charge in [0.2, 0.25) is 0 Å². The van der Waals surface area contributed by atoms with E-state index in [1.165, 1.54) is 38.6 Å². The molecule has 1 unspecified atom stereocenters. The number of hydrogen-bond donors (Lipinski definition) is 1. The molecule has 16 heavy (non-hydrogen) atoms. The summed E-state index contributed by atoms with van der Waals surface area (Å²) in [6, 6.07) is 0.674. The Bertz CT molecular complexity index is 227. The molecule has 2 fully saturated rings. The third-order valence-corrected chi connectivity index (χ3v) is 4.63. The van der Waals surface area contributed by atoms with E-state index in [4.69, 9.17) is 4.74 Å². The Balaban J connectivity index is 1.77. The van der Waals surface area contributed by atoms with Crippen molar-refractivity contribution in [2.75, 3.05) is 13.2 Å². The Kier molecular flexibility index (Phi) is 3.60. The standard InChI is InChI=1S/C14H27NO/c1-4-14(7-5-8-14)11-15-12-6-9-16-13(2,3)10-12/h12,15H,4-11H2,1-3H3. The summed E-state index contributed by atoms with van der Waals surface area (Å²) < 4.78 is 5.75. The van der Waals surface area contributed by atoms with Crippen LogP contribution in [0.1, 0.15) is 59.3 Å². The summed E-state index contributed by atoms with van der Waals surface area (Å²) in [6.07, 6.45) is 7.99. The van der Waals surface area contributed by atoms with Crippen LogP contribution >= 0.6 is 0 Å². The molecule has 1 atom stereocenters. The van der Waals surface area contributed by atoms with Gasteiger partial charge in [0.05, 0.1) is 5.60 Å². The van der Waals surface area contributed by atoms with Crippen LogP contribution in [0.2, 0.25) is 0 Å². The molecular weight excluding hydrogens is 198 g/mol. The molecule has 94 valence electrons. The summed E-state index contributed by atoms with van der Waals surface area (Å²) in [6.45, 7) is 8.91. The second kappa shape index (κ2) is 4.66. The smallest absolute Gasteiger partial charge is 0.0641 e. The fraction of sp³-hybridized carbons (Fsp3) is 1.00. The first-order valence-electron chi connectivity index (χ1n) is 6.93. The van der Waals surface area contributed by atoms with Gasteiger partial charge in [-0.15, -0.1) is 0 Å². The summed E-state index contributed by atoms with van der Waals surface area (Å²) >= 11 is 0. The van der Waals surface area contributed by atoms with E-state index >= 15 is 0 Å². The molecular formula is C14H27NO. The van der Waals surface area contributed by atoms with Gasteiger partial charge >= 0.3 is 0 Å². The average molecular weight is 225 g/mol. The van der Waals surface area contributed by atoms with Crippen LogP contribution in [0.3, 0.4) is 0 Å². The lowest BCUT2D eigenvalue weighted by Crippen LogP contribution is -2.48. The van der Waals surface area contributed by atoms with Gasteiger partial charge < -0.3 is 10.1 Å². The molecule has 1 aliphatic carbocycles. The van der Waals surface area contributed by atoms with Crippen molar-refractivity contribution in [2.45, 2.75) is 70.9 Å². The van der Waals surface area contributed by atoms with Crippen molar-refractivity contribution in [3.8, 4) is 0 Å². The van der Waals surface area contributed by atoms with E-state index in [2.05, 4.69) is 26.1 Å². The summed E-state index contributed by atoms with van der Waals surface area (Å²) in [4.78, 5) is 0. The number of hydrogen-bond acceptors (Lipinski definition) is 2. The Labute approximate surface area is 100 Å². The van der Waals surface area contributed by atoms with Crippen molar-refractivity contribution in [3.63, 3.8) is 0 Å². The van der Waals surface area contributed by atoms with Crippen LogP contribution in [-0.4, -0.2) is 24.8 Å². The second-order valence-electron chi connectivity index (χ2n) is 6.39. The van der Waals surface area contributed by atoms with Gasteiger partial charge in [-0.1, -0.05) is 13.3 Å². The summed E-state index contributed by atoms with van der Waals surface area (Å²) in [7, 11) is 0. The van der Waals surface area contributed by atoms with Crippen molar-refractivity contribution < 1.29 is 4.74 Å². The van der Waals surface area contributed by atoms with Gasteiger partial charge in [-0.2, -0.15) is 0 Å². The van der Waals surface area contributed by atoms with Gasteiger partial charge in [0.15, 0.2) is 0 Å². The van der Waals surface area contributed by atoms with Crippen LogP contribution in [0.4, 0.5) is 0 Å². The molecule has 2 nitrogen and oxygen atoms in total.